The van der Waals surface area contributed by atoms with Crippen LogP contribution in [0.25, 0.3) is 0 Å². The Morgan fingerprint density at radius 3 is 2.16 bits per heavy atom. The molecule has 3 aromatic rings. The number of ether oxygens (including phenoxy) is 1. The van der Waals surface area contributed by atoms with Crippen molar-refractivity contribution in [3.8, 4) is 5.75 Å². The number of hydrogen-bond acceptors (Lipinski definition) is 6. The smallest absolute Gasteiger partial charge is 0.243 e. The number of nitrogens with zero attached hydrogens (tertiary/aromatic N) is 1. The van der Waals surface area contributed by atoms with Gasteiger partial charge in [-0.1, -0.05) is 48.0 Å². The molecule has 2 N–H and O–H groups in total. The number of amides is 1. The minimum Gasteiger partial charge on any atom is -0.494 e. The Balaban J connectivity index is 1.69. The van der Waals surface area contributed by atoms with Crippen molar-refractivity contribution >= 4 is 26.0 Å². The molecule has 0 fully saturated rings. The van der Waals surface area contributed by atoms with Gasteiger partial charge in [0.2, 0.25) is 26.0 Å². The van der Waals surface area contributed by atoms with Gasteiger partial charge >= 0.3 is 0 Å². The number of rotatable bonds is 13. The molecule has 0 aromatic heterocycles. The highest BCUT2D eigenvalue weighted by Gasteiger charge is 2.27. The van der Waals surface area contributed by atoms with E-state index in [9.17, 15) is 21.6 Å². The second-order valence-electron chi connectivity index (χ2n) is 8.68. The number of aryl methyl sites for hydroxylation is 2. The first-order chi connectivity index (χ1) is 18.0. The van der Waals surface area contributed by atoms with Gasteiger partial charge in [0.1, 0.15) is 5.75 Å². The minimum atomic E-state index is -4.04. The Morgan fingerprint density at radius 2 is 1.53 bits per heavy atom. The lowest BCUT2D eigenvalue weighted by Gasteiger charge is -2.22. The van der Waals surface area contributed by atoms with E-state index in [4.69, 9.17) is 4.74 Å². The average molecular weight is 560 g/mol. The molecule has 0 spiro atoms. The van der Waals surface area contributed by atoms with Crippen LogP contribution in [0, 0.1) is 13.8 Å². The van der Waals surface area contributed by atoms with Crippen molar-refractivity contribution in [3.63, 3.8) is 0 Å². The first kappa shape index (κ1) is 29.3. The summed E-state index contributed by atoms with van der Waals surface area (Å²) in [6, 6.07) is 20.0. The van der Waals surface area contributed by atoms with Gasteiger partial charge in [-0.05, 0) is 62.2 Å². The maximum atomic E-state index is 13.5. The van der Waals surface area contributed by atoms with Gasteiger partial charge in [0.05, 0.1) is 22.9 Å². The van der Waals surface area contributed by atoms with Crippen LogP contribution in [0.1, 0.15) is 23.6 Å². The van der Waals surface area contributed by atoms with Gasteiger partial charge < -0.3 is 10.1 Å². The molecule has 0 aliphatic carbocycles. The molecule has 0 bridgehead atoms. The van der Waals surface area contributed by atoms with Gasteiger partial charge in [-0.25, -0.2) is 21.6 Å². The molecule has 3 rings (SSSR count). The van der Waals surface area contributed by atoms with Crippen LogP contribution in [0.15, 0.2) is 82.6 Å². The molecule has 0 aliphatic heterocycles. The molecule has 0 saturated heterocycles. The lowest BCUT2D eigenvalue weighted by atomic mass is 10.2. The van der Waals surface area contributed by atoms with Gasteiger partial charge in [-0.3, -0.25) is 4.79 Å². The Bertz CT molecular complexity index is 1440. The van der Waals surface area contributed by atoms with Crippen molar-refractivity contribution in [3.05, 3.63) is 89.5 Å². The number of carbonyl (C=O) groups excluding carboxylic acids is 1. The summed E-state index contributed by atoms with van der Waals surface area (Å²) in [5, 5.41) is 2.60. The van der Waals surface area contributed by atoms with Crippen molar-refractivity contribution in [2.24, 2.45) is 0 Å². The van der Waals surface area contributed by atoms with Crippen LogP contribution >= 0.6 is 0 Å². The predicted octanol–water partition coefficient (Wildman–Crippen LogP) is 2.99. The number of sulfonamides is 2. The van der Waals surface area contributed by atoms with E-state index in [0.29, 0.717) is 17.9 Å². The zero-order chi connectivity index (χ0) is 27.8. The molecule has 0 atom stereocenters. The predicted molar refractivity (Wildman–Crippen MR) is 146 cm³/mol. The van der Waals surface area contributed by atoms with Crippen molar-refractivity contribution in [1.82, 2.24) is 14.3 Å². The van der Waals surface area contributed by atoms with Gasteiger partial charge in [0, 0.05) is 19.6 Å². The summed E-state index contributed by atoms with van der Waals surface area (Å²) in [5.41, 5.74) is 2.32. The van der Waals surface area contributed by atoms with E-state index in [1.807, 2.05) is 19.9 Å². The van der Waals surface area contributed by atoms with Gasteiger partial charge in [0.15, 0.2) is 0 Å². The quantitative estimate of drug-likeness (QED) is 0.311. The maximum absolute atomic E-state index is 13.5. The first-order valence-electron chi connectivity index (χ1n) is 12.1. The fourth-order valence-electron chi connectivity index (χ4n) is 3.67. The molecule has 38 heavy (non-hydrogen) atoms. The standard InChI is InChI=1S/C27H33N3O6S2/c1-4-36-26-15-14-25(18-22(26)3)38(34,35)30(19-23-8-6-5-7-9-23)20-27(31)28-16-17-29-37(32,33)24-12-10-21(2)11-13-24/h5-15,18,29H,4,16-17,19-20H2,1-3H3,(H,28,31). The average Bonchev–Trinajstić information content (AvgIpc) is 2.88. The van der Waals surface area contributed by atoms with Gasteiger partial charge in [-0.2, -0.15) is 4.31 Å². The van der Waals surface area contributed by atoms with Gasteiger partial charge in [-0.15, -0.1) is 0 Å². The number of nitrogens with one attached hydrogen (secondary N) is 2. The van der Waals surface area contributed by atoms with Crippen LogP contribution in [-0.4, -0.2) is 53.3 Å². The lowest BCUT2D eigenvalue weighted by molar-refractivity contribution is -0.121. The van der Waals surface area contributed by atoms with Crippen molar-refractivity contribution in [1.29, 1.82) is 0 Å². The molecule has 9 nitrogen and oxygen atoms in total. The van der Waals surface area contributed by atoms with Crippen LogP contribution in [0.4, 0.5) is 0 Å². The Morgan fingerprint density at radius 1 is 0.868 bits per heavy atom. The largest absolute Gasteiger partial charge is 0.494 e. The Labute approximate surface area is 224 Å². The summed E-state index contributed by atoms with van der Waals surface area (Å²) in [6.07, 6.45) is 0. The van der Waals surface area contributed by atoms with Crippen molar-refractivity contribution in [2.75, 3.05) is 26.2 Å². The normalized spacial score (nSPS) is 11.9. The molecule has 0 radical (unpaired) electrons. The molecular weight excluding hydrogens is 526 g/mol. The van der Waals surface area contributed by atoms with Crippen LogP contribution in [-0.2, 0) is 31.4 Å². The van der Waals surface area contributed by atoms with Crippen molar-refractivity contribution < 1.29 is 26.4 Å². The van der Waals surface area contributed by atoms with E-state index in [2.05, 4.69) is 10.0 Å². The van der Waals surface area contributed by atoms with E-state index in [1.54, 1.807) is 49.4 Å². The van der Waals surface area contributed by atoms with Crippen LogP contribution in [0.5, 0.6) is 5.75 Å². The molecule has 204 valence electrons. The highest BCUT2D eigenvalue weighted by atomic mass is 32.2. The summed E-state index contributed by atoms with van der Waals surface area (Å²) in [5.74, 6) is 0.0357. The van der Waals surface area contributed by atoms with E-state index >= 15 is 0 Å². The summed E-state index contributed by atoms with van der Waals surface area (Å²) in [4.78, 5) is 12.9. The fourth-order valence-corrected chi connectivity index (χ4v) is 6.17. The number of carbonyl (C=O) groups is 1. The monoisotopic (exact) mass is 559 g/mol. The molecular formula is C27H33N3O6S2. The summed E-state index contributed by atoms with van der Waals surface area (Å²) >= 11 is 0. The summed E-state index contributed by atoms with van der Waals surface area (Å²) in [6.45, 7) is 5.41. The Hall–Kier alpha value is -3.25. The maximum Gasteiger partial charge on any atom is 0.243 e. The fraction of sp³-hybridized carbons (Fsp3) is 0.296. The Kier molecular flexibility index (Phi) is 10.0. The topological polar surface area (TPSA) is 122 Å². The van der Waals surface area contributed by atoms with Crippen LogP contribution in [0.3, 0.4) is 0 Å². The summed E-state index contributed by atoms with van der Waals surface area (Å²) < 4.78 is 61.0. The highest BCUT2D eigenvalue weighted by Crippen LogP contribution is 2.25. The molecule has 0 heterocycles. The van der Waals surface area contributed by atoms with E-state index in [0.717, 1.165) is 15.4 Å². The minimum absolute atomic E-state index is 0.00862. The highest BCUT2D eigenvalue weighted by molar-refractivity contribution is 7.89. The van der Waals surface area contributed by atoms with Crippen LogP contribution < -0.4 is 14.8 Å². The number of hydrogen-bond donors (Lipinski definition) is 2. The first-order valence-corrected chi connectivity index (χ1v) is 15.1. The second-order valence-corrected chi connectivity index (χ2v) is 12.4. The van der Waals surface area contributed by atoms with E-state index in [1.165, 1.54) is 24.3 Å². The van der Waals surface area contributed by atoms with Crippen LogP contribution in [0.2, 0.25) is 0 Å². The second kappa shape index (κ2) is 13.0. The molecule has 0 unspecified atom stereocenters. The molecule has 3 aromatic carbocycles. The van der Waals surface area contributed by atoms with E-state index in [-0.39, 0.29) is 29.4 Å². The van der Waals surface area contributed by atoms with E-state index < -0.39 is 32.5 Å². The zero-order valence-electron chi connectivity index (χ0n) is 21.7. The molecule has 0 saturated carbocycles. The molecule has 0 aliphatic rings. The SMILES string of the molecule is CCOc1ccc(S(=O)(=O)N(CC(=O)NCCNS(=O)(=O)c2ccc(C)cc2)Cc2ccccc2)cc1C. The lowest BCUT2D eigenvalue weighted by Crippen LogP contribution is -2.42. The third-order valence-electron chi connectivity index (χ3n) is 5.68. The molecule has 1 amide bonds. The third kappa shape index (κ3) is 7.87. The van der Waals surface area contributed by atoms with Gasteiger partial charge in [0.25, 0.3) is 0 Å². The molecule has 11 heteroatoms. The number of benzene rings is 3. The third-order valence-corrected chi connectivity index (χ3v) is 8.94. The zero-order valence-corrected chi connectivity index (χ0v) is 23.3. The summed E-state index contributed by atoms with van der Waals surface area (Å²) in [7, 11) is -7.76. The van der Waals surface area contributed by atoms with Crippen molar-refractivity contribution in [2.45, 2.75) is 37.1 Å².